The highest BCUT2D eigenvalue weighted by Crippen LogP contribution is 2.34. The van der Waals surface area contributed by atoms with Crippen molar-refractivity contribution in [3.63, 3.8) is 0 Å². The molecule has 4 aromatic heterocycles. The van der Waals surface area contributed by atoms with Crippen LogP contribution in [-0.4, -0.2) is 57.8 Å². The molecule has 232 valence electrons. The number of nitrogens with zero attached hydrogens (tertiary/aromatic N) is 6. The van der Waals surface area contributed by atoms with Gasteiger partial charge in [0.15, 0.2) is 0 Å². The van der Waals surface area contributed by atoms with Gasteiger partial charge in [0, 0.05) is 6.20 Å². The van der Waals surface area contributed by atoms with Crippen LogP contribution in [0.25, 0.3) is 33.1 Å². The number of pyridine rings is 1. The number of rotatable bonds is 12. The minimum atomic E-state index is 0.292. The smallest absolute Gasteiger partial charge is 0.121 e. The maximum atomic E-state index is 4.94. The molecular weight excluding hydrogens is 570 g/mol. The van der Waals surface area contributed by atoms with E-state index in [4.69, 9.17) is 19.9 Å². The molecule has 4 heterocycles. The van der Waals surface area contributed by atoms with E-state index in [2.05, 4.69) is 85.4 Å². The van der Waals surface area contributed by atoms with Gasteiger partial charge < -0.3 is 15.0 Å². The number of aryl methyl sites for hydroxylation is 1. The summed E-state index contributed by atoms with van der Waals surface area (Å²) in [7, 11) is 0. The molecule has 7 aromatic rings. The Morgan fingerprint density at radius 3 is 1.74 bits per heavy atom. The molecule has 8 rings (SSSR count). The number of hydrogen-bond donors (Lipinski definition) is 3. The van der Waals surface area contributed by atoms with E-state index in [1.54, 1.807) is 0 Å². The highest BCUT2D eigenvalue weighted by molar-refractivity contribution is 5.76. The van der Waals surface area contributed by atoms with E-state index < -0.39 is 0 Å². The van der Waals surface area contributed by atoms with Crippen molar-refractivity contribution in [3.8, 4) is 0 Å². The normalized spacial score (nSPS) is 15.0. The summed E-state index contributed by atoms with van der Waals surface area (Å²) in [5.41, 5.74) is 8.88. The van der Waals surface area contributed by atoms with Crippen LogP contribution < -0.4 is 0 Å². The molecule has 9 nitrogen and oxygen atoms in total. The number of fused-ring (bicyclic) bond motifs is 4. The van der Waals surface area contributed by atoms with Crippen molar-refractivity contribution in [1.29, 1.82) is 0 Å². The molecule has 0 amide bonds. The quantitative estimate of drug-likeness (QED) is 0.128. The Hall–Kier alpha value is -4.86. The number of imidazole rings is 3. The van der Waals surface area contributed by atoms with Crippen LogP contribution in [0.1, 0.15) is 60.5 Å². The minimum absolute atomic E-state index is 0.292. The van der Waals surface area contributed by atoms with Crippen LogP contribution in [0, 0.1) is 0 Å². The van der Waals surface area contributed by atoms with Crippen molar-refractivity contribution in [2.24, 2.45) is 0 Å². The molecule has 0 fully saturated rings. The van der Waals surface area contributed by atoms with Gasteiger partial charge in [0.2, 0.25) is 0 Å². The maximum absolute atomic E-state index is 4.94. The minimum Gasteiger partial charge on any atom is -0.341 e. The lowest BCUT2D eigenvalue weighted by molar-refractivity contribution is 0.154. The van der Waals surface area contributed by atoms with Crippen molar-refractivity contribution < 1.29 is 0 Å². The molecule has 9 heteroatoms. The van der Waals surface area contributed by atoms with Crippen molar-refractivity contribution >= 4 is 33.1 Å². The number of unbranched alkanes of at least 4 members (excludes halogenated alkanes) is 1. The molecule has 1 aliphatic rings. The maximum Gasteiger partial charge on any atom is 0.121 e. The summed E-state index contributed by atoms with van der Waals surface area (Å²) in [5.74, 6) is 2.98. The average molecular weight is 610 g/mol. The monoisotopic (exact) mass is 609 g/mol. The molecule has 1 atom stereocenters. The molecule has 0 unspecified atom stereocenters. The zero-order chi connectivity index (χ0) is 30.7. The fourth-order valence-corrected chi connectivity index (χ4v) is 7.01. The number of aromatic amines is 3. The summed E-state index contributed by atoms with van der Waals surface area (Å²) >= 11 is 0. The summed E-state index contributed by atoms with van der Waals surface area (Å²) in [6.07, 6.45) is 7.48. The van der Waals surface area contributed by atoms with Crippen LogP contribution >= 0.6 is 0 Å². The van der Waals surface area contributed by atoms with Gasteiger partial charge in [-0.25, -0.2) is 15.0 Å². The molecule has 0 bridgehead atoms. The van der Waals surface area contributed by atoms with Gasteiger partial charge in [-0.3, -0.25) is 14.8 Å². The lowest BCUT2D eigenvalue weighted by Gasteiger charge is -2.34. The van der Waals surface area contributed by atoms with Crippen LogP contribution in [-0.2, 0) is 26.1 Å². The largest absolute Gasteiger partial charge is 0.341 e. The summed E-state index contributed by atoms with van der Waals surface area (Å²) in [5, 5.41) is 0. The molecule has 0 aliphatic heterocycles. The molecule has 3 aromatic carbocycles. The third-order valence-electron chi connectivity index (χ3n) is 9.19. The van der Waals surface area contributed by atoms with Crippen molar-refractivity contribution in [2.75, 3.05) is 13.1 Å². The number of benzene rings is 3. The lowest BCUT2D eigenvalue weighted by Crippen LogP contribution is -2.33. The van der Waals surface area contributed by atoms with Crippen LogP contribution in [0.2, 0.25) is 0 Å². The first kappa shape index (κ1) is 28.6. The topological polar surface area (TPSA) is 105 Å². The van der Waals surface area contributed by atoms with Gasteiger partial charge in [0.1, 0.15) is 17.5 Å². The summed E-state index contributed by atoms with van der Waals surface area (Å²) in [4.78, 5) is 35.3. The highest BCUT2D eigenvalue weighted by atomic mass is 15.2. The first-order valence-electron chi connectivity index (χ1n) is 16.5. The van der Waals surface area contributed by atoms with Crippen molar-refractivity contribution in [2.45, 2.75) is 57.8 Å². The number of aromatic nitrogens is 7. The number of hydrogen-bond acceptors (Lipinski definition) is 6. The summed E-state index contributed by atoms with van der Waals surface area (Å²) in [6, 6.07) is 29.4. The predicted molar refractivity (Wildman–Crippen MR) is 182 cm³/mol. The highest BCUT2D eigenvalue weighted by Gasteiger charge is 2.28. The Kier molecular flexibility index (Phi) is 8.00. The molecule has 0 radical (unpaired) electrons. The SMILES string of the molecule is c1cnc2c(c1)CCC[C@@H]2N(CCCCN(Cc1nc2ccccc2[nH]1)Cc1nc2ccccc2[nH]1)Cc1nc2ccccc2[nH]1. The Labute approximate surface area is 268 Å². The Balaban J connectivity index is 0.995. The first-order chi connectivity index (χ1) is 22.7. The second-order valence-electron chi connectivity index (χ2n) is 12.4. The fourth-order valence-electron chi connectivity index (χ4n) is 7.01. The lowest BCUT2D eigenvalue weighted by atomic mass is 9.90. The van der Waals surface area contributed by atoms with E-state index in [1.165, 1.54) is 17.7 Å². The average Bonchev–Trinajstić information content (AvgIpc) is 3.81. The van der Waals surface area contributed by atoms with E-state index >= 15 is 0 Å². The van der Waals surface area contributed by atoms with E-state index in [9.17, 15) is 0 Å². The van der Waals surface area contributed by atoms with Gasteiger partial charge in [-0.15, -0.1) is 0 Å². The van der Waals surface area contributed by atoms with Crippen LogP contribution in [0.4, 0.5) is 0 Å². The molecule has 0 spiro atoms. The third kappa shape index (κ3) is 6.16. The Bertz CT molecular complexity index is 1900. The van der Waals surface area contributed by atoms with Gasteiger partial charge in [-0.05, 0) is 93.2 Å². The van der Waals surface area contributed by atoms with Crippen LogP contribution in [0.15, 0.2) is 91.1 Å². The zero-order valence-electron chi connectivity index (χ0n) is 26.0. The second kappa shape index (κ2) is 12.9. The van der Waals surface area contributed by atoms with Gasteiger partial charge in [-0.2, -0.15) is 0 Å². The summed E-state index contributed by atoms with van der Waals surface area (Å²) < 4.78 is 0. The van der Waals surface area contributed by atoms with Gasteiger partial charge in [0.05, 0.1) is 64.5 Å². The molecule has 0 saturated heterocycles. The van der Waals surface area contributed by atoms with Crippen LogP contribution in [0.3, 0.4) is 0 Å². The van der Waals surface area contributed by atoms with E-state index in [0.29, 0.717) is 6.04 Å². The van der Waals surface area contributed by atoms with E-state index in [1.807, 2.05) is 30.5 Å². The van der Waals surface area contributed by atoms with Gasteiger partial charge in [-0.1, -0.05) is 42.5 Å². The van der Waals surface area contributed by atoms with Crippen molar-refractivity contribution in [1.82, 2.24) is 44.7 Å². The third-order valence-corrected chi connectivity index (χ3v) is 9.19. The van der Waals surface area contributed by atoms with Crippen LogP contribution in [0.5, 0.6) is 0 Å². The number of H-pyrrole nitrogens is 3. The molecule has 3 N–H and O–H groups in total. The molecule has 46 heavy (non-hydrogen) atoms. The first-order valence-corrected chi connectivity index (χ1v) is 16.5. The van der Waals surface area contributed by atoms with E-state index in [0.717, 1.165) is 109 Å². The van der Waals surface area contributed by atoms with Gasteiger partial charge in [0.25, 0.3) is 0 Å². The number of nitrogens with one attached hydrogen (secondary N) is 3. The zero-order valence-corrected chi connectivity index (χ0v) is 26.0. The Morgan fingerprint density at radius 2 is 1.15 bits per heavy atom. The molecule has 1 aliphatic carbocycles. The molecule has 0 saturated carbocycles. The standard InChI is InChI=1S/C37H39N9/c1-2-14-28-27(13-1)39-34(40-28)23-45(24-35-41-29-15-3-4-16-30(29)42-35)21-7-8-22-46(25-36-43-31-17-5-6-18-32(31)44-36)33-19-9-11-26-12-10-20-38-37(26)33/h1-6,10,12-18,20,33H,7-9,11,19,21-25H2,(H,39,40)(H,41,42)(H,43,44)/t33-/m0/s1. The summed E-state index contributed by atoms with van der Waals surface area (Å²) in [6.45, 7) is 4.15. The predicted octanol–water partition coefficient (Wildman–Crippen LogP) is 7.07. The Morgan fingerprint density at radius 1 is 0.609 bits per heavy atom. The van der Waals surface area contributed by atoms with E-state index in [-0.39, 0.29) is 0 Å². The van der Waals surface area contributed by atoms with Gasteiger partial charge >= 0.3 is 0 Å². The number of para-hydroxylation sites is 6. The fraction of sp³-hybridized carbons (Fsp3) is 0.297. The van der Waals surface area contributed by atoms with Crippen molar-refractivity contribution in [3.05, 3.63) is 120 Å². The molecular formula is C37H39N9. The second-order valence-corrected chi connectivity index (χ2v) is 12.4.